The minimum absolute atomic E-state index is 0.00389. The lowest BCUT2D eigenvalue weighted by molar-refractivity contribution is -0.138. The third kappa shape index (κ3) is 6.28. The van der Waals surface area contributed by atoms with Gasteiger partial charge < -0.3 is 10.4 Å². The van der Waals surface area contributed by atoms with E-state index >= 15 is 0 Å². The summed E-state index contributed by atoms with van der Waals surface area (Å²) >= 11 is 1.46. The van der Waals surface area contributed by atoms with Crippen molar-refractivity contribution in [3.8, 4) is 0 Å². The third-order valence-corrected chi connectivity index (χ3v) is 3.29. The Bertz CT molecular complexity index is 501. The number of aromatic nitrogens is 1. The number of urea groups is 1. The van der Waals surface area contributed by atoms with E-state index in [-0.39, 0.29) is 25.3 Å². The molecule has 1 heterocycles. The summed E-state index contributed by atoms with van der Waals surface area (Å²) in [7, 11) is 0. The number of nitrogens with one attached hydrogen (secondary N) is 2. The van der Waals surface area contributed by atoms with E-state index in [0.717, 1.165) is 9.88 Å². The fourth-order valence-electron chi connectivity index (χ4n) is 1.55. The zero-order valence-corrected chi connectivity index (χ0v) is 12.1. The lowest BCUT2D eigenvalue weighted by Gasteiger charge is -2.09. The highest BCUT2D eigenvalue weighted by atomic mass is 32.1. The number of carboxylic acids is 1. The summed E-state index contributed by atoms with van der Waals surface area (Å²) in [5.41, 5.74) is 0. The second kappa shape index (κ2) is 7.59. The number of nitrogens with zero attached hydrogens (tertiary/aromatic N) is 1. The largest absolute Gasteiger partial charge is 0.481 e. The molecule has 1 aromatic heterocycles. The molecule has 1 rings (SSSR count). The van der Waals surface area contributed by atoms with E-state index in [1.165, 1.54) is 11.3 Å². The van der Waals surface area contributed by atoms with Crippen LogP contribution in [0.3, 0.4) is 0 Å². The summed E-state index contributed by atoms with van der Waals surface area (Å²) < 4.78 is 0. The van der Waals surface area contributed by atoms with E-state index in [1.54, 1.807) is 13.1 Å². The van der Waals surface area contributed by atoms with Gasteiger partial charge in [0.15, 0.2) is 0 Å². The summed E-state index contributed by atoms with van der Waals surface area (Å²) in [6.45, 7) is 3.81. The molecule has 20 heavy (non-hydrogen) atoms. The molecule has 0 radical (unpaired) electrons. The van der Waals surface area contributed by atoms with Crippen LogP contribution in [0.2, 0.25) is 0 Å². The molecule has 8 heteroatoms. The first-order chi connectivity index (χ1) is 9.36. The van der Waals surface area contributed by atoms with E-state index in [9.17, 15) is 14.4 Å². The van der Waals surface area contributed by atoms with E-state index in [4.69, 9.17) is 5.11 Å². The van der Waals surface area contributed by atoms with Crippen LogP contribution < -0.4 is 10.6 Å². The Hall–Kier alpha value is -1.96. The van der Waals surface area contributed by atoms with Gasteiger partial charge in [0.1, 0.15) is 5.01 Å². The number of rotatable bonds is 6. The summed E-state index contributed by atoms with van der Waals surface area (Å²) in [5.74, 6) is -1.78. The van der Waals surface area contributed by atoms with Crippen LogP contribution >= 0.6 is 11.3 Å². The molecule has 110 valence electrons. The number of hydrogen-bond acceptors (Lipinski definition) is 5. The molecule has 3 amide bonds. The molecule has 0 aliphatic heterocycles. The fourth-order valence-corrected chi connectivity index (χ4v) is 2.27. The molecule has 1 aromatic rings. The first-order valence-electron chi connectivity index (χ1n) is 6.07. The van der Waals surface area contributed by atoms with Gasteiger partial charge >= 0.3 is 12.0 Å². The van der Waals surface area contributed by atoms with Crippen LogP contribution in [-0.4, -0.2) is 28.0 Å². The van der Waals surface area contributed by atoms with Gasteiger partial charge in [0.05, 0.1) is 6.54 Å². The van der Waals surface area contributed by atoms with Crippen molar-refractivity contribution in [1.29, 1.82) is 0 Å². The summed E-state index contributed by atoms with van der Waals surface area (Å²) in [5, 5.41) is 14.0. The standard InChI is InChI=1S/C12H17N3O4S/c1-7(4-11(17)18)3-9(16)15-12(19)14-6-10-13-5-8(2)20-10/h5,7H,3-4,6H2,1-2H3,(H,17,18)(H2,14,15,16,19). The minimum Gasteiger partial charge on any atom is -0.481 e. The van der Waals surface area contributed by atoms with Gasteiger partial charge in [-0.1, -0.05) is 6.92 Å². The van der Waals surface area contributed by atoms with Crippen LogP contribution in [0.25, 0.3) is 0 Å². The Morgan fingerprint density at radius 2 is 2.10 bits per heavy atom. The quantitative estimate of drug-likeness (QED) is 0.733. The molecule has 0 aromatic carbocycles. The number of hydrogen-bond donors (Lipinski definition) is 3. The predicted molar refractivity (Wildman–Crippen MR) is 73.3 cm³/mol. The Morgan fingerprint density at radius 1 is 1.40 bits per heavy atom. The SMILES string of the molecule is Cc1cnc(CNC(=O)NC(=O)CC(C)CC(=O)O)s1. The molecule has 0 aliphatic carbocycles. The van der Waals surface area contributed by atoms with Gasteiger partial charge in [0.2, 0.25) is 5.91 Å². The molecule has 1 unspecified atom stereocenters. The highest BCUT2D eigenvalue weighted by molar-refractivity contribution is 7.11. The second-order valence-electron chi connectivity index (χ2n) is 4.50. The van der Waals surface area contributed by atoms with E-state index in [2.05, 4.69) is 15.6 Å². The fraction of sp³-hybridized carbons (Fsp3) is 0.500. The normalized spacial score (nSPS) is 11.7. The number of carboxylic acid groups (broad SMARTS) is 1. The zero-order chi connectivity index (χ0) is 15.1. The Balaban J connectivity index is 2.27. The Labute approximate surface area is 120 Å². The van der Waals surface area contributed by atoms with Gasteiger partial charge in [0, 0.05) is 23.9 Å². The molecule has 0 spiro atoms. The van der Waals surface area contributed by atoms with E-state index in [1.807, 2.05) is 6.92 Å². The van der Waals surface area contributed by atoms with Crippen molar-refractivity contribution in [2.24, 2.45) is 5.92 Å². The molecule has 3 N–H and O–H groups in total. The second-order valence-corrected chi connectivity index (χ2v) is 5.82. The van der Waals surface area contributed by atoms with Gasteiger partial charge in [-0.3, -0.25) is 14.9 Å². The predicted octanol–water partition coefficient (Wildman–Crippen LogP) is 1.28. The number of thiazole rings is 1. The lowest BCUT2D eigenvalue weighted by atomic mass is 10.0. The summed E-state index contributed by atoms with van der Waals surface area (Å²) in [6.07, 6.45) is 1.60. The van der Waals surface area contributed by atoms with Crippen molar-refractivity contribution < 1.29 is 19.5 Å². The molecule has 7 nitrogen and oxygen atoms in total. The van der Waals surface area contributed by atoms with Crippen LogP contribution in [0.15, 0.2) is 6.20 Å². The highest BCUT2D eigenvalue weighted by Crippen LogP contribution is 2.10. The van der Waals surface area contributed by atoms with Gasteiger partial charge in [-0.15, -0.1) is 11.3 Å². The average Bonchev–Trinajstić information content (AvgIpc) is 2.71. The topological polar surface area (TPSA) is 108 Å². The van der Waals surface area contributed by atoms with Crippen molar-refractivity contribution >= 4 is 29.2 Å². The first kappa shape index (κ1) is 16.1. The van der Waals surface area contributed by atoms with E-state index < -0.39 is 17.9 Å². The van der Waals surface area contributed by atoms with Crippen molar-refractivity contribution in [2.45, 2.75) is 33.2 Å². The number of carbonyl (C=O) groups excluding carboxylic acids is 2. The van der Waals surface area contributed by atoms with Gasteiger partial charge in [-0.25, -0.2) is 9.78 Å². The van der Waals surface area contributed by atoms with Crippen LogP contribution in [0.1, 0.15) is 29.7 Å². The maximum absolute atomic E-state index is 11.5. The number of amides is 3. The highest BCUT2D eigenvalue weighted by Gasteiger charge is 2.14. The third-order valence-electron chi connectivity index (χ3n) is 2.38. The lowest BCUT2D eigenvalue weighted by Crippen LogP contribution is -2.39. The first-order valence-corrected chi connectivity index (χ1v) is 6.89. The zero-order valence-electron chi connectivity index (χ0n) is 11.3. The molecule has 1 atom stereocenters. The molecule has 0 saturated heterocycles. The number of aliphatic carboxylic acids is 1. The van der Waals surface area contributed by atoms with Crippen LogP contribution in [0, 0.1) is 12.8 Å². The van der Waals surface area contributed by atoms with Crippen LogP contribution in [0.5, 0.6) is 0 Å². The molecular weight excluding hydrogens is 282 g/mol. The average molecular weight is 299 g/mol. The van der Waals surface area contributed by atoms with Gasteiger partial charge in [0.25, 0.3) is 0 Å². The van der Waals surface area contributed by atoms with Crippen LogP contribution in [-0.2, 0) is 16.1 Å². The maximum atomic E-state index is 11.5. The number of aryl methyl sites for hydroxylation is 1. The maximum Gasteiger partial charge on any atom is 0.321 e. The summed E-state index contributed by atoms with van der Waals surface area (Å²) in [6, 6.07) is -0.606. The Kier molecular flexibility index (Phi) is 6.10. The molecular formula is C12H17N3O4S. The Morgan fingerprint density at radius 3 is 2.65 bits per heavy atom. The van der Waals surface area contributed by atoms with E-state index in [0.29, 0.717) is 0 Å². The molecule has 0 aliphatic rings. The van der Waals surface area contributed by atoms with Crippen molar-refractivity contribution in [1.82, 2.24) is 15.6 Å². The van der Waals surface area contributed by atoms with Crippen molar-refractivity contribution in [3.63, 3.8) is 0 Å². The summed E-state index contributed by atoms with van der Waals surface area (Å²) in [4.78, 5) is 38.5. The monoisotopic (exact) mass is 299 g/mol. The van der Waals surface area contributed by atoms with Crippen LogP contribution in [0.4, 0.5) is 4.79 Å². The van der Waals surface area contributed by atoms with Gasteiger partial charge in [-0.05, 0) is 12.8 Å². The number of carbonyl (C=O) groups is 3. The number of imide groups is 1. The van der Waals surface area contributed by atoms with Gasteiger partial charge in [-0.2, -0.15) is 0 Å². The molecule has 0 fully saturated rings. The van der Waals surface area contributed by atoms with Crippen molar-refractivity contribution in [3.05, 3.63) is 16.1 Å². The molecule has 0 bridgehead atoms. The smallest absolute Gasteiger partial charge is 0.321 e. The van der Waals surface area contributed by atoms with Crippen molar-refractivity contribution in [2.75, 3.05) is 0 Å². The molecule has 0 saturated carbocycles. The minimum atomic E-state index is -0.964.